The van der Waals surface area contributed by atoms with Crippen molar-refractivity contribution in [2.45, 2.75) is 50.4 Å². The van der Waals surface area contributed by atoms with Gasteiger partial charge in [-0.2, -0.15) is 0 Å². The predicted octanol–water partition coefficient (Wildman–Crippen LogP) is 1.93. The highest BCUT2D eigenvalue weighted by Gasteiger charge is 2.42. The molecule has 0 aromatic carbocycles. The lowest BCUT2D eigenvalue weighted by Gasteiger charge is -2.19. The van der Waals surface area contributed by atoms with E-state index in [1.807, 2.05) is 29.0 Å². The molecule has 4 atom stereocenters. The third-order valence-corrected chi connectivity index (χ3v) is 5.80. The van der Waals surface area contributed by atoms with E-state index in [1.54, 1.807) is 6.20 Å². The molecular formula is C20H28N6O2. The summed E-state index contributed by atoms with van der Waals surface area (Å²) in [5.41, 5.74) is 13.5. The number of pyridine rings is 1. The molecule has 28 heavy (non-hydrogen) atoms. The SMILES string of the molecule is Nc1cc(CCCC[C@H]2C[C@@H](n3ccc4c(N)ncnc43)[C@H](O)[C@@H]2O)ccn1.[HH]. The Morgan fingerprint density at radius 2 is 1.96 bits per heavy atom. The number of hydrogen-bond acceptors (Lipinski definition) is 7. The van der Waals surface area contributed by atoms with Crippen molar-refractivity contribution in [1.82, 2.24) is 19.5 Å². The first-order valence-corrected chi connectivity index (χ1v) is 9.68. The smallest absolute Gasteiger partial charge is 0.145 e. The van der Waals surface area contributed by atoms with Crippen LogP contribution in [0.25, 0.3) is 11.0 Å². The molecule has 3 aromatic rings. The molecule has 3 heterocycles. The van der Waals surface area contributed by atoms with Crippen LogP contribution >= 0.6 is 0 Å². The van der Waals surface area contributed by atoms with Gasteiger partial charge in [0.05, 0.1) is 17.5 Å². The highest BCUT2D eigenvalue weighted by atomic mass is 16.3. The number of anilines is 2. The number of nitrogens with two attached hydrogens (primary N) is 2. The Labute approximate surface area is 164 Å². The van der Waals surface area contributed by atoms with Crippen LogP contribution in [0.2, 0.25) is 0 Å². The van der Waals surface area contributed by atoms with Crippen molar-refractivity contribution in [3.05, 3.63) is 42.5 Å². The van der Waals surface area contributed by atoms with Crippen molar-refractivity contribution in [2.24, 2.45) is 5.92 Å². The van der Waals surface area contributed by atoms with Crippen molar-refractivity contribution in [1.29, 1.82) is 0 Å². The number of aliphatic hydroxyl groups excluding tert-OH is 2. The summed E-state index contributed by atoms with van der Waals surface area (Å²) in [4.78, 5) is 12.3. The lowest BCUT2D eigenvalue weighted by Crippen LogP contribution is -2.29. The Bertz CT molecular complexity index is 965. The second-order valence-electron chi connectivity index (χ2n) is 7.60. The Morgan fingerprint density at radius 1 is 1.11 bits per heavy atom. The molecule has 1 saturated carbocycles. The van der Waals surface area contributed by atoms with Gasteiger partial charge in [0.15, 0.2) is 0 Å². The van der Waals surface area contributed by atoms with Crippen molar-refractivity contribution < 1.29 is 11.6 Å². The summed E-state index contributed by atoms with van der Waals surface area (Å²) in [7, 11) is 0. The summed E-state index contributed by atoms with van der Waals surface area (Å²) >= 11 is 0. The molecule has 1 aliphatic rings. The number of aliphatic hydroxyl groups is 2. The Kier molecular flexibility index (Phi) is 5.15. The number of hydrogen-bond donors (Lipinski definition) is 4. The van der Waals surface area contributed by atoms with E-state index in [1.165, 1.54) is 11.9 Å². The molecule has 8 nitrogen and oxygen atoms in total. The van der Waals surface area contributed by atoms with Crippen LogP contribution in [-0.4, -0.2) is 41.9 Å². The van der Waals surface area contributed by atoms with Crippen LogP contribution in [0.15, 0.2) is 36.9 Å². The molecule has 4 rings (SSSR count). The molecule has 0 unspecified atom stereocenters. The van der Waals surface area contributed by atoms with Crippen molar-refractivity contribution in [3.8, 4) is 0 Å². The normalized spacial score (nSPS) is 24.8. The van der Waals surface area contributed by atoms with Gasteiger partial charge in [-0.25, -0.2) is 15.0 Å². The molecule has 0 spiro atoms. The van der Waals surface area contributed by atoms with E-state index in [0.717, 1.165) is 31.1 Å². The third kappa shape index (κ3) is 3.53. The van der Waals surface area contributed by atoms with E-state index in [2.05, 4.69) is 15.0 Å². The van der Waals surface area contributed by atoms with E-state index in [9.17, 15) is 10.2 Å². The number of aromatic nitrogens is 4. The summed E-state index contributed by atoms with van der Waals surface area (Å²) in [5, 5.41) is 22.0. The second kappa shape index (κ2) is 7.73. The highest BCUT2D eigenvalue weighted by Crippen LogP contribution is 2.39. The van der Waals surface area contributed by atoms with Crippen molar-refractivity contribution >= 4 is 22.7 Å². The van der Waals surface area contributed by atoms with Gasteiger partial charge in [0.25, 0.3) is 0 Å². The molecule has 0 amide bonds. The fourth-order valence-electron chi connectivity index (χ4n) is 4.31. The zero-order valence-corrected chi connectivity index (χ0v) is 15.6. The Hall–Kier alpha value is -2.71. The molecule has 0 saturated heterocycles. The fourth-order valence-corrected chi connectivity index (χ4v) is 4.31. The summed E-state index contributed by atoms with van der Waals surface area (Å²) in [6.45, 7) is 0. The summed E-state index contributed by atoms with van der Waals surface area (Å²) in [5.74, 6) is 1.02. The van der Waals surface area contributed by atoms with E-state index in [-0.39, 0.29) is 13.4 Å². The van der Waals surface area contributed by atoms with Crippen LogP contribution in [0.3, 0.4) is 0 Å². The maximum Gasteiger partial charge on any atom is 0.145 e. The van der Waals surface area contributed by atoms with Gasteiger partial charge in [-0.1, -0.05) is 6.42 Å². The molecule has 0 bridgehead atoms. The van der Waals surface area contributed by atoms with Gasteiger partial charge >= 0.3 is 0 Å². The molecule has 150 valence electrons. The molecule has 0 aliphatic heterocycles. The lowest BCUT2D eigenvalue weighted by atomic mass is 9.96. The van der Waals surface area contributed by atoms with Crippen LogP contribution in [0, 0.1) is 5.92 Å². The molecule has 8 heteroatoms. The first-order valence-electron chi connectivity index (χ1n) is 9.68. The highest BCUT2D eigenvalue weighted by molar-refractivity contribution is 5.86. The predicted molar refractivity (Wildman–Crippen MR) is 109 cm³/mol. The number of nitrogens with zero attached hydrogens (tertiary/aromatic N) is 4. The van der Waals surface area contributed by atoms with Gasteiger partial charge in [0.1, 0.15) is 29.7 Å². The minimum atomic E-state index is -0.822. The van der Waals surface area contributed by atoms with Gasteiger partial charge in [-0.05, 0) is 55.4 Å². The van der Waals surface area contributed by atoms with Crippen LogP contribution < -0.4 is 11.5 Å². The van der Waals surface area contributed by atoms with Crippen LogP contribution in [0.1, 0.15) is 38.7 Å². The third-order valence-electron chi connectivity index (χ3n) is 5.80. The summed E-state index contributed by atoms with van der Waals surface area (Å²) in [6, 6.07) is 5.52. The van der Waals surface area contributed by atoms with Crippen molar-refractivity contribution in [2.75, 3.05) is 11.5 Å². The van der Waals surface area contributed by atoms with E-state index < -0.39 is 12.2 Å². The average Bonchev–Trinajstić information content (AvgIpc) is 3.22. The Morgan fingerprint density at radius 3 is 2.79 bits per heavy atom. The van der Waals surface area contributed by atoms with Gasteiger partial charge in [0, 0.05) is 13.8 Å². The molecule has 1 fully saturated rings. The standard InChI is InChI=1S/C20H26N6O2.H2/c21-16-9-12(5-7-23-16)3-1-2-4-13-10-15(18(28)17(13)27)26-8-6-14-19(22)24-11-25-20(14)26;/h5-9,11,13,15,17-18,27-28H,1-4,10H2,(H2,21,23)(H2,22,24,25);1H/t13-,15+,17+,18-;/m0./s1. The van der Waals surface area contributed by atoms with Gasteiger partial charge < -0.3 is 26.2 Å². The van der Waals surface area contributed by atoms with Gasteiger partial charge in [-0.15, -0.1) is 0 Å². The minimum Gasteiger partial charge on any atom is -0.390 e. The summed E-state index contributed by atoms with van der Waals surface area (Å²) < 4.78 is 1.92. The largest absolute Gasteiger partial charge is 0.390 e. The number of nitrogen functional groups attached to an aromatic ring is 2. The fraction of sp³-hybridized carbons (Fsp3) is 0.450. The second-order valence-corrected chi connectivity index (χ2v) is 7.60. The van der Waals surface area contributed by atoms with Gasteiger partial charge in [0.2, 0.25) is 0 Å². The summed E-state index contributed by atoms with van der Waals surface area (Å²) in [6.07, 6.45) is 7.94. The van der Waals surface area contributed by atoms with E-state index in [4.69, 9.17) is 11.5 Å². The topological polar surface area (TPSA) is 136 Å². The average molecular weight is 384 g/mol. The van der Waals surface area contributed by atoms with Crippen LogP contribution in [-0.2, 0) is 6.42 Å². The molecule has 1 aliphatic carbocycles. The quantitative estimate of drug-likeness (QED) is 0.477. The molecule has 3 aromatic heterocycles. The number of fused-ring (bicyclic) bond motifs is 1. The lowest BCUT2D eigenvalue weighted by molar-refractivity contribution is 0.00502. The molecule has 6 N–H and O–H groups in total. The zero-order valence-electron chi connectivity index (χ0n) is 15.6. The van der Waals surface area contributed by atoms with Crippen LogP contribution in [0.4, 0.5) is 11.6 Å². The number of aryl methyl sites for hydroxylation is 1. The number of rotatable bonds is 6. The minimum absolute atomic E-state index is 0. The van der Waals surface area contributed by atoms with Gasteiger partial charge in [-0.3, -0.25) is 0 Å². The first-order chi connectivity index (χ1) is 13.5. The number of unbranched alkanes of at least 4 members (excludes halogenated alkanes) is 1. The maximum absolute atomic E-state index is 10.6. The van der Waals surface area contributed by atoms with Crippen LogP contribution in [0.5, 0.6) is 0 Å². The molecular weight excluding hydrogens is 356 g/mol. The van der Waals surface area contributed by atoms with E-state index >= 15 is 0 Å². The Balaban J connectivity index is 0.00000240. The molecule has 0 radical (unpaired) electrons. The van der Waals surface area contributed by atoms with E-state index in [0.29, 0.717) is 23.7 Å². The van der Waals surface area contributed by atoms with Crippen molar-refractivity contribution in [3.63, 3.8) is 0 Å². The zero-order chi connectivity index (χ0) is 19.7. The monoisotopic (exact) mass is 384 g/mol. The maximum atomic E-state index is 10.6. The first kappa shape index (κ1) is 18.6.